The highest BCUT2D eigenvalue weighted by Gasteiger charge is 2.26. The molecular formula is C15H9BrN4O4. The van der Waals surface area contributed by atoms with Crippen LogP contribution < -0.4 is 5.32 Å². The van der Waals surface area contributed by atoms with E-state index in [1.165, 1.54) is 12.1 Å². The van der Waals surface area contributed by atoms with E-state index in [2.05, 4.69) is 31.4 Å². The summed E-state index contributed by atoms with van der Waals surface area (Å²) in [6.07, 6.45) is 1.15. The number of fused-ring (bicyclic) bond motifs is 1. The lowest BCUT2D eigenvalue weighted by Gasteiger charge is -1.98. The summed E-state index contributed by atoms with van der Waals surface area (Å²) in [6, 6.07) is 8.78. The number of nitro benzene ring substituents is 1. The van der Waals surface area contributed by atoms with Crippen LogP contribution in [0.3, 0.4) is 0 Å². The minimum atomic E-state index is -0.582. The molecule has 0 atom stereocenters. The fraction of sp³-hybridized carbons (Fsp3) is 0. The largest absolute Gasteiger partial charge is 0.507 e. The van der Waals surface area contributed by atoms with Gasteiger partial charge >= 0.3 is 0 Å². The number of amides is 1. The second-order valence-electron chi connectivity index (χ2n) is 4.84. The zero-order chi connectivity index (χ0) is 17.3. The Kier molecular flexibility index (Phi) is 4.09. The Morgan fingerprint density at radius 3 is 2.79 bits per heavy atom. The summed E-state index contributed by atoms with van der Waals surface area (Å²) in [5.74, 6) is -0.577. The van der Waals surface area contributed by atoms with Crippen LogP contribution in [0.2, 0.25) is 0 Å². The van der Waals surface area contributed by atoms with E-state index in [0.717, 1.165) is 16.8 Å². The molecular weight excluding hydrogens is 380 g/mol. The van der Waals surface area contributed by atoms with Crippen molar-refractivity contribution >= 4 is 45.1 Å². The summed E-state index contributed by atoms with van der Waals surface area (Å²) < 4.78 is 0.783. The molecule has 0 saturated carbocycles. The third-order valence-electron chi connectivity index (χ3n) is 3.28. The molecule has 0 fully saturated rings. The number of carbonyl (C=O) groups excluding carboxylic acids is 1. The van der Waals surface area contributed by atoms with E-state index in [4.69, 9.17) is 0 Å². The maximum absolute atomic E-state index is 11.9. The van der Waals surface area contributed by atoms with Gasteiger partial charge in [-0.15, -0.1) is 5.10 Å². The van der Waals surface area contributed by atoms with Crippen LogP contribution in [0.5, 0.6) is 5.75 Å². The van der Waals surface area contributed by atoms with Crippen molar-refractivity contribution in [1.82, 2.24) is 0 Å². The van der Waals surface area contributed by atoms with Crippen molar-refractivity contribution in [3.05, 3.63) is 62.1 Å². The van der Waals surface area contributed by atoms with E-state index in [-0.39, 0.29) is 22.7 Å². The highest BCUT2D eigenvalue weighted by Crippen LogP contribution is 2.27. The molecule has 9 heteroatoms. The minimum Gasteiger partial charge on any atom is -0.507 e. The highest BCUT2D eigenvalue weighted by molar-refractivity contribution is 9.10. The number of hydrogen-bond donors (Lipinski definition) is 2. The standard InChI is InChI=1S/C15H9BrN4O4/c16-9-1-3-12-11(6-9)14(15(22)18-12)19-17-7-8-5-10(20(23)24)2-4-13(8)21/h1-7,21H,(H,18,19,22)/b17-7-. The van der Waals surface area contributed by atoms with Crippen LogP contribution in [0.1, 0.15) is 11.1 Å². The first kappa shape index (κ1) is 15.8. The molecule has 2 aromatic rings. The Bertz CT molecular complexity index is 924. The average Bonchev–Trinajstić information content (AvgIpc) is 2.84. The molecule has 0 radical (unpaired) electrons. The molecule has 3 rings (SSSR count). The van der Waals surface area contributed by atoms with Crippen LogP contribution in [0.25, 0.3) is 0 Å². The predicted octanol–water partition coefficient (Wildman–Crippen LogP) is 2.84. The smallest absolute Gasteiger partial charge is 0.276 e. The molecule has 1 aliphatic rings. The van der Waals surface area contributed by atoms with Gasteiger partial charge in [0.1, 0.15) is 5.75 Å². The minimum absolute atomic E-state index is 0.118. The Balaban J connectivity index is 1.93. The van der Waals surface area contributed by atoms with E-state index in [1.807, 2.05) is 0 Å². The third kappa shape index (κ3) is 3.01. The Morgan fingerprint density at radius 1 is 1.25 bits per heavy atom. The van der Waals surface area contributed by atoms with Gasteiger partial charge in [-0.1, -0.05) is 15.9 Å². The topological polar surface area (TPSA) is 117 Å². The van der Waals surface area contributed by atoms with Crippen molar-refractivity contribution < 1.29 is 14.8 Å². The number of rotatable bonds is 3. The summed E-state index contributed by atoms with van der Waals surface area (Å²) in [5.41, 5.74) is 1.27. The maximum Gasteiger partial charge on any atom is 0.276 e. The average molecular weight is 389 g/mol. The van der Waals surface area contributed by atoms with Crippen molar-refractivity contribution in [3.63, 3.8) is 0 Å². The lowest BCUT2D eigenvalue weighted by atomic mass is 10.1. The van der Waals surface area contributed by atoms with Crippen molar-refractivity contribution in [2.75, 3.05) is 5.32 Å². The molecule has 0 aromatic heterocycles. The quantitative estimate of drug-likeness (QED) is 0.477. The number of non-ortho nitro benzene ring substituents is 1. The van der Waals surface area contributed by atoms with Gasteiger partial charge in [0.2, 0.25) is 0 Å². The van der Waals surface area contributed by atoms with Gasteiger partial charge in [-0.05, 0) is 24.3 Å². The maximum atomic E-state index is 11.9. The van der Waals surface area contributed by atoms with Crippen molar-refractivity contribution in [2.24, 2.45) is 10.2 Å². The molecule has 0 bridgehead atoms. The summed E-state index contributed by atoms with van der Waals surface area (Å²) in [7, 11) is 0. The summed E-state index contributed by atoms with van der Waals surface area (Å²) in [6.45, 7) is 0. The Hall–Kier alpha value is -3.07. The van der Waals surface area contributed by atoms with Crippen LogP contribution in [0.4, 0.5) is 11.4 Å². The monoisotopic (exact) mass is 388 g/mol. The van der Waals surface area contributed by atoms with Crippen LogP contribution in [0.15, 0.2) is 51.1 Å². The first-order valence-corrected chi connectivity index (χ1v) is 7.45. The molecule has 1 heterocycles. The van der Waals surface area contributed by atoms with Gasteiger partial charge in [-0.2, -0.15) is 5.10 Å². The number of nitrogens with one attached hydrogen (secondary N) is 1. The fourth-order valence-electron chi connectivity index (χ4n) is 2.13. The second kappa shape index (κ2) is 6.20. The van der Waals surface area contributed by atoms with Gasteiger partial charge in [0, 0.05) is 27.7 Å². The summed E-state index contributed by atoms with van der Waals surface area (Å²) in [5, 5.41) is 30.8. The van der Waals surface area contributed by atoms with Crippen LogP contribution in [-0.2, 0) is 4.79 Å². The molecule has 1 aliphatic heterocycles. The number of nitro groups is 1. The van der Waals surface area contributed by atoms with Gasteiger partial charge in [-0.25, -0.2) is 0 Å². The molecule has 0 aliphatic carbocycles. The van der Waals surface area contributed by atoms with E-state index >= 15 is 0 Å². The molecule has 0 saturated heterocycles. The van der Waals surface area contributed by atoms with E-state index in [0.29, 0.717) is 11.3 Å². The zero-order valence-electron chi connectivity index (χ0n) is 11.9. The molecule has 24 heavy (non-hydrogen) atoms. The normalized spacial score (nSPS) is 14.9. The van der Waals surface area contributed by atoms with Crippen molar-refractivity contribution in [2.45, 2.75) is 0 Å². The molecule has 2 aromatic carbocycles. The molecule has 0 spiro atoms. The fourth-order valence-corrected chi connectivity index (χ4v) is 2.49. The Morgan fingerprint density at radius 2 is 2.04 bits per heavy atom. The van der Waals surface area contributed by atoms with Gasteiger partial charge in [-0.3, -0.25) is 14.9 Å². The van der Waals surface area contributed by atoms with Crippen molar-refractivity contribution in [1.29, 1.82) is 0 Å². The van der Waals surface area contributed by atoms with E-state index in [1.54, 1.807) is 18.2 Å². The molecule has 120 valence electrons. The van der Waals surface area contributed by atoms with E-state index in [9.17, 15) is 20.0 Å². The third-order valence-corrected chi connectivity index (χ3v) is 3.77. The number of nitrogens with zero attached hydrogens (tertiary/aromatic N) is 3. The SMILES string of the molecule is O=C1Nc2ccc(Br)cc2/C1=N/N=C\c1cc([N+](=O)[O-])ccc1O. The number of phenols is 1. The highest BCUT2D eigenvalue weighted by atomic mass is 79.9. The van der Waals surface area contributed by atoms with Gasteiger partial charge < -0.3 is 10.4 Å². The van der Waals surface area contributed by atoms with E-state index < -0.39 is 10.8 Å². The molecule has 1 amide bonds. The second-order valence-corrected chi connectivity index (χ2v) is 5.75. The predicted molar refractivity (Wildman–Crippen MR) is 91.7 cm³/mol. The number of aromatic hydroxyl groups is 1. The first-order valence-electron chi connectivity index (χ1n) is 6.65. The number of anilines is 1. The first-order chi connectivity index (χ1) is 11.5. The Labute approximate surface area is 143 Å². The number of phenolic OH excluding ortho intramolecular Hbond substituents is 1. The number of carbonyl (C=O) groups is 1. The van der Waals surface area contributed by atoms with Crippen LogP contribution >= 0.6 is 15.9 Å². The summed E-state index contributed by atoms with van der Waals surface area (Å²) >= 11 is 3.32. The lowest BCUT2D eigenvalue weighted by molar-refractivity contribution is -0.384. The molecule has 0 unspecified atom stereocenters. The lowest BCUT2D eigenvalue weighted by Crippen LogP contribution is -2.13. The van der Waals surface area contributed by atoms with Crippen LogP contribution in [-0.4, -0.2) is 27.9 Å². The number of benzene rings is 2. The molecule has 2 N–H and O–H groups in total. The number of hydrogen-bond acceptors (Lipinski definition) is 6. The summed E-state index contributed by atoms with van der Waals surface area (Å²) in [4.78, 5) is 22.1. The number of halogens is 1. The van der Waals surface area contributed by atoms with Gasteiger partial charge in [0.15, 0.2) is 5.71 Å². The van der Waals surface area contributed by atoms with Gasteiger partial charge in [0.05, 0.1) is 16.8 Å². The molecule has 8 nitrogen and oxygen atoms in total. The van der Waals surface area contributed by atoms with Crippen molar-refractivity contribution in [3.8, 4) is 5.75 Å². The van der Waals surface area contributed by atoms with Gasteiger partial charge in [0.25, 0.3) is 11.6 Å². The van der Waals surface area contributed by atoms with Crippen LogP contribution in [0, 0.1) is 10.1 Å². The zero-order valence-corrected chi connectivity index (χ0v) is 13.5.